The summed E-state index contributed by atoms with van der Waals surface area (Å²) < 4.78 is 10.6. The molecule has 0 aliphatic carbocycles. The van der Waals surface area contributed by atoms with Crippen LogP contribution < -0.4 is 14.4 Å². The Bertz CT molecular complexity index is 1490. The van der Waals surface area contributed by atoms with Gasteiger partial charge in [0.15, 0.2) is 16.6 Å². The minimum atomic E-state index is -0.422. The highest BCUT2D eigenvalue weighted by atomic mass is 35.5. The molecule has 7 nitrogen and oxygen atoms in total. The summed E-state index contributed by atoms with van der Waals surface area (Å²) in [4.78, 5) is 34.4. The van der Waals surface area contributed by atoms with Gasteiger partial charge in [-0.25, -0.2) is 4.98 Å². The first-order valence-electron chi connectivity index (χ1n) is 11.7. The van der Waals surface area contributed by atoms with Crippen LogP contribution in [0.25, 0.3) is 0 Å². The Labute approximate surface area is 245 Å². The Morgan fingerprint density at radius 1 is 0.872 bits per heavy atom. The molecule has 0 bridgehead atoms. The monoisotopic (exact) mass is 603 g/mol. The van der Waals surface area contributed by atoms with Crippen molar-refractivity contribution in [2.45, 2.75) is 6.42 Å². The number of ether oxygens (including phenoxy) is 2. The second-order valence-electron chi connectivity index (χ2n) is 8.42. The third-order valence-corrected chi connectivity index (χ3v) is 7.51. The van der Waals surface area contributed by atoms with Crippen molar-refractivity contribution in [2.75, 3.05) is 32.7 Å². The van der Waals surface area contributed by atoms with Gasteiger partial charge in [0.05, 0.1) is 30.5 Å². The fraction of sp³-hybridized carbons (Fsp3) is 0.179. The number of carbonyl (C=O) groups is 2. The molecule has 4 aromatic rings. The predicted octanol–water partition coefficient (Wildman–Crippen LogP) is 7.41. The Hall–Kier alpha value is -3.30. The van der Waals surface area contributed by atoms with Crippen molar-refractivity contribution in [2.24, 2.45) is 0 Å². The number of methoxy groups -OCH3 is 2. The number of amides is 2. The van der Waals surface area contributed by atoms with Crippen LogP contribution in [0.2, 0.25) is 15.1 Å². The number of nitrogens with zero attached hydrogens (tertiary/aromatic N) is 3. The molecule has 1 aromatic heterocycles. The number of likely N-dealkylation sites (N-methyl/N-ethyl adjacent to an activating group) is 1. The highest BCUT2D eigenvalue weighted by Gasteiger charge is 2.26. The first kappa shape index (κ1) is 28.7. The molecule has 4 rings (SSSR count). The lowest BCUT2D eigenvalue weighted by atomic mass is 10.1. The van der Waals surface area contributed by atoms with Gasteiger partial charge >= 0.3 is 0 Å². The number of rotatable bonds is 9. The van der Waals surface area contributed by atoms with Gasteiger partial charge in [-0.1, -0.05) is 40.9 Å². The molecule has 0 atom stereocenters. The maximum atomic E-state index is 13.7. The second-order valence-corrected chi connectivity index (χ2v) is 10.5. The SMILES string of the molecule is COc1ccc(CCN(C)C(=O)c2csc(N(C(=O)c3ccc(Cl)cc3Cl)c3ccc(Cl)cc3)n2)cc1OC. The lowest BCUT2D eigenvalue weighted by Gasteiger charge is -2.21. The minimum absolute atomic E-state index is 0.203. The first-order valence-corrected chi connectivity index (χ1v) is 13.7. The molecule has 0 unspecified atom stereocenters. The zero-order valence-electron chi connectivity index (χ0n) is 21.3. The molecule has 3 aromatic carbocycles. The van der Waals surface area contributed by atoms with Crippen LogP contribution in [0.5, 0.6) is 11.5 Å². The van der Waals surface area contributed by atoms with Crippen LogP contribution in [0.15, 0.2) is 66.0 Å². The van der Waals surface area contributed by atoms with E-state index in [1.54, 1.807) is 67.9 Å². The van der Waals surface area contributed by atoms with E-state index in [1.807, 2.05) is 18.2 Å². The number of hydrogen-bond acceptors (Lipinski definition) is 6. The number of thiazole rings is 1. The maximum absolute atomic E-state index is 13.7. The highest BCUT2D eigenvalue weighted by Crippen LogP contribution is 2.34. The number of aromatic nitrogens is 1. The summed E-state index contributed by atoms with van der Waals surface area (Å²) in [5, 5.41) is 3.07. The fourth-order valence-corrected chi connectivity index (χ4v) is 5.21. The summed E-state index contributed by atoms with van der Waals surface area (Å²) in [5.74, 6) is 0.571. The van der Waals surface area contributed by atoms with Crippen LogP contribution in [-0.2, 0) is 6.42 Å². The van der Waals surface area contributed by atoms with E-state index in [1.165, 1.54) is 22.3 Å². The summed E-state index contributed by atoms with van der Waals surface area (Å²) in [6.07, 6.45) is 0.601. The number of anilines is 2. The van der Waals surface area contributed by atoms with Crippen LogP contribution in [0, 0.1) is 0 Å². The molecule has 0 saturated carbocycles. The minimum Gasteiger partial charge on any atom is -0.493 e. The van der Waals surface area contributed by atoms with Crippen LogP contribution in [0.3, 0.4) is 0 Å². The lowest BCUT2D eigenvalue weighted by Crippen LogP contribution is -2.30. The molecule has 39 heavy (non-hydrogen) atoms. The van der Waals surface area contributed by atoms with Gasteiger partial charge < -0.3 is 14.4 Å². The Balaban J connectivity index is 1.56. The van der Waals surface area contributed by atoms with Crippen LogP contribution >= 0.6 is 46.1 Å². The van der Waals surface area contributed by atoms with Gasteiger partial charge in [0.1, 0.15) is 5.69 Å². The molecule has 2 amide bonds. The standard InChI is InChI=1S/C28H24Cl3N3O4S/c1-33(13-12-17-4-11-24(37-2)25(14-17)38-3)27(36)23-16-39-28(32-23)34(20-8-5-18(29)6-9-20)26(35)21-10-7-19(30)15-22(21)31/h4-11,14-16H,12-13H2,1-3H3. The summed E-state index contributed by atoms with van der Waals surface area (Å²) in [5.41, 5.74) is 1.97. The van der Waals surface area contributed by atoms with Gasteiger partial charge in [-0.05, 0) is 66.6 Å². The van der Waals surface area contributed by atoms with Gasteiger partial charge in [-0.2, -0.15) is 0 Å². The number of hydrogen-bond donors (Lipinski definition) is 0. The van der Waals surface area contributed by atoms with E-state index in [0.717, 1.165) is 5.56 Å². The Morgan fingerprint density at radius 3 is 2.23 bits per heavy atom. The molecule has 0 aliphatic rings. The van der Waals surface area contributed by atoms with Crippen molar-refractivity contribution in [3.05, 3.63) is 97.9 Å². The second kappa shape index (κ2) is 12.7. The van der Waals surface area contributed by atoms with Crippen LogP contribution in [0.4, 0.5) is 10.8 Å². The zero-order chi connectivity index (χ0) is 28.1. The Morgan fingerprint density at radius 2 is 1.56 bits per heavy atom. The van der Waals surface area contributed by atoms with E-state index in [2.05, 4.69) is 4.98 Å². The molecule has 0 aliphatic heterocycles. The van der Waals surface area contributed by atoms with Gasteiger partial charge in [0, 0.05) is 29.0 Å². The molecular weight excluding hydrogens is 581 g/mol. The zero-order valence-corrected chi connectivity index (χ0v) is 24.4. The molecule has 202 valence electrons. The highest BCUT2D eigenvalue weighted by molar-refractivity contribution is 7.14. The molecule has 0 spiro atoms. The van der Waals surface area contributed by atoms with Crippen molar-refractivity contribution < 1.29 is 19.1 Å². The van der Waals surface area contributed by atoms with E-state index >= 15 is 0 Å². The van der Waals surface area contributed by atoms with Gasteiger partial charge in [-0.15, -0.1) is 11.3 Å². The van der Waals surface area contributed by atoms with Crippen LogP contribution in [-0.4, -0.2) is 49.5 Å². The normalized spacial score (nSPS) is 10.7. The van der Waals surface area contributed by atoms with Crippen molar-refractivity contribution >= 4 is 68.8 Å². The first-order chi connectivity index (χ1) is 18.7. The fourth-order valence-electron chi connectivity index (χ4n) is 3.78. The van der Waals surface area contributed by atoms with Crippen molar-refractivity contribution in [1.29, 1.82) is 0 Å². The summed E-state index contributed by atoms with van der Waals surface area (Å²) in [6, 6.07) is 17.0. The number of halogens is 3. The maximum Gasteiger partial charge on any atom is 0.273 e. The topological polar surface area (TPSA) is 72.0 Å². The quantitative estimate of drug-likeness (QED) is 0.199. The van der Waals surface area contributed by atoms with Crippen molar-refractivity contribution in [3.63, 3.8) is 0 Å². The molecule has 1 heterocycles. The van der Waals surface area contributed by atoms with Gasteiger partial charge in [0.2, 0.25) is 0 Å². The van der Waals surface area contributed by atoms with E-state index in [9.17, 15) is 9.59 Å². The summed E-state index contributed by atoms with van der Waals surface area (Å²) in [6.45, 7) is 0.446. The van der Waals surface area contributed by atoms with Crippen molar-refractivity contribution in [3.8, 4) is 11.5 Å². The molecule has 11 heteroatoms. The number of carbonyl (C=O) groups excluding carboxylic acids is 2. The Kier molecular flexibility index (Phi) is 9.35. The molecule has 0 fully saturated rings. The average molecular weight is 605 g/mol. The summed E-state index contributed by atoms with van der Waals surface area (Å²) in [7, 11) is 4.87. The van der Waals surface area contributed by atoms with E-state index in [0.29, 0.717) is 45.3 Å². The summed E-state index contributed by atoms with van der Waals surface area (Å²) >= 11 is 19.6. The third kappa shape index (κ3) is 6.65. The lowest BCUT2D eigenvalue weighted by molar-refractivity contribution is 0.0791. The molecule has 0 saturated heterocycles. The predicted molar refractivity (Wildman–Crippen MR) is 157 cm³/mol. The van der Waals surface area contributed by atoms with E-state index in [-0.39, 0.29) is 22.2 Å². The molecular formula is C28H24Cl3N3O4S. The van der Waals surface area contributed by atoms with E-state index < -0.39 is 5.91 Å². The smallest absolute Gasteiger partial charge is 0.273 e. The van der Waals surface area contributed by atoms with Crippen molar-refractivity contribution in [1.82, 2.24) is 9.88 Å². The largest absolute Gasteiger partial charge is 0.493 e. The average Bonchev–Trinajstić information content (AvgIpc) is 3.41. The molecule has 0 N–H and O–H groups in total. The molecule has 0 radical (unpaired) electrons. The van der Waals surface area contributed by atoms with Crippen LogP contribution in [0.1, 0.15) is 26.4 Å². The van der Waals surface area contributed by atoms with Gasteiger partial charge in [-0.3, -0.25) is 14.5 Å². The van der Waals surface area contributed by atoms with Gasteiger partial charge in [0.25, 0.3) is 11.8 Å². The number of benzene rings is 3. The third-order valence-electron chi connectivity index (χ3n) is 5.88. The van der Waals surface area contributed by atoms with E-state index in [4.69, 9.17) is 44.3 Å².